The number of aromatic nitrogens is 3. The molecule has 2 heterocycles. The number of carbonyl (C=O) groups is 1. The number of pyridine rings is 1. The number of aryl methyl sites for hydroxylation is 2. The van der Waals surface area contributed by atoms with Crippen LogP contribution in [0.4, 0.5) is 13.2 Å². The third kappa shape index (κ3) is 4.61. The van der Waals surface area contributed by atoms with Crippen LogP contribution in [-0.4, -0.2) is 27.3 Å². The minimum atomic E-state index is -4.51. The second-order valence-electron chi connectivity index (χ2n) is 7.76. The first kappa shape index (κ1) is 21.9. The maximum Gasteiger partial charge on any atom is 0.416 e. The van der Waals surface area contributed by atoms with Crippen molar-refractivity contribution < 1.29 is 22.7 Å². The first-order chi connectivity index (χ1) is 15.2. The smallest absolute Gasteiger partial charge is 0.416 e. The van der Waals surface area contributed by atoms with Crippen LogP contribution in [0, 0.1) is 6.92 Å². The Morgan fingerprint density at radius 2 is 2.09 bits per heavy atom. The SMILES string of the molecule is CCOc1cc(-n2cc3c(n2)CCC[C@H]3NC(=O)c2cc(C)cc(C(F)(F)F)c2)ccn1. The van der Waals surface area contributed by atoms with Gasteiger partial charge >= 0.3 is 6.18 Å². The number of halogens is 3. The Kier molecular flexibility index (Phi) is 5.90. The van der Waals surface area contributed by atoms with Crippen LogP contribution in [0.5, 0.6) is 5.88 Å². The molecule has 1 aliphatic rings. The van der Waals surface area contributed by atoms with E-state index in [1.54, 1.807) is 29.9 Å². The molecule has 0 saturated carbocycles. The zero-order valence-corrected chi connectivity index (χ0v) is 17.7. The highest BCUT2D eigenvalue weighted by Crippen LogP contribution is 2.32. The molecule has 0 unspecified atom stereocenters. The van der Waals surface area contributed by atoms with E-state index in [0.717, 1.165) is 41.9 Å². The van der Waals surface area contributed by atoms with Gasteiger partial charge in [-0.25, -0.2) is 9.67 Å². The lowest BCUT2D eigenvalue weighted by Gasteiger charge is -2.23. The van der Waals surface area contributed by atoms with Crippen LogP contribution in [-0.2, 0) is 12.6 Å². The van der Waals surface area contributed by atoms with E-state index in [-0.39, 0.29) is 11.6 Å². The number of hydrogen-bond acceptors (Lipinski definition) is 4. The molecule has 1 aliphatic carbocycles. The first-order valence-corrected chi connectivity index (χ1v) is 10.4. The molecular weight excluding hydrogens is 421 g/mol. The van der Waals surface area contributed by atoms with E-state index in [2.05, 4.69) is 15.4 Å². The predicted octanol–water partition coefficient (Wildman–Crippen LogP) is 4.80. The van der Waals surface area contributed by atoms with Crippen LogP contribution in [0.3, 0.4) is 0 Å². The van der Waals surface area contributed by atoms with Crippen LogP contribution >= 0.6 is 0 Å². The summed E-state index contributed by atoms with van der Waals surface area (Å²) in [5.74, 6) is -0.0458. The summed E-state index contributed by atoms with van der Waals surface area (Å²) in [6.07, 6.45) is 1.24. The van der Waals surface area contributed by atoms with Gasteiger partial charge in [-0.1, -0.05) is 0 Å². The van der Waals surface area contributed by atoms with Crippen molar-refractivity contribution in [2.24, 2.45) is 0 Å². The Bertz CT molecular complexity index is 1140. The average Bonchev–Trinajstić information content (AvgIpc) is 3.19. The van der Waals surface area contributed by atoms with Crippen molar-refractivity contribution in [3.8, 4) is 11.6 Å². The maximum atomic E-state index is 13.2. The predicted molar refractivity (Wildman–Crippen MR) is 112 cm³/mol. The molecule has 1 N–H and O–H groups in total. The average molecular weight is 444 g/mol. The molecule has 0 radical (unpaired) electrons. The number of alkyl halides is 3. The third-order valence-electron chi connectivity index (χ3n) is 5.35. The van der Waals surface area contributed by atoms with Crippen LogP contribution < -0.4 is 10.1 Å². The molecular formula is C23H23F3N4O2. The fraction of sp³-hybridized carbons (Fsp3) is 0.348. The lowest BCUT2D eigenvalue weighted by Crippen LogP contribution is -2.31. The molecule has 3 aromatic rings. The van der Waals surface area contributed by atoms with Crippen molar-refractivity contribution in [1.29, 1.82) is 0 Å². The van der Waals surface area contributed by atoms with Gasteiger partial charge in [0, 0.05) is 29.6 Å². The van der Waals surface area contributed by atoms with Gasteiger partial charge in [0.15, 0.2) is 0 Å². The summed E-state index contributed by atoms with van der Waals surface area (Å²) >= 11 is 0. The summed E-state index contributed by atoms with van der Waals surface area (Å²) in [4.78, 5) is 17.0. The van der Waals surface area contributed by atoms with Gasteiger partial charge in [0.25, 0.3) is 5.91 Å². The molecule has 9 heteroatoms. The van der Waals surface area contributed by atoms with Crippen LogP contribution in [0.25, 0.3) is 5.69 Å². The standard InChI is InChI=1S/C23H23F3N4O2/c1-3-32-21-12-17(7-8-27-21)30-13-18-19(5-4-6-20(18)29-30)28-22(31)15-9-14(2)10-16(11-15)23(24,25)26/h7-13,19H,3-6H2,1-2H3,(H,28,31)/t19-/m1/s1. The van der Waals surface area contributed by atoms with Gasteiger partial charge in [0.1, 0.15) is 0 Å². The second-order valence-corrected chi connectivity index (χ2v) is 7.76. The fourth-order valence-corrected chi connectivity index (χ4v) is 3.91. The topological polar surface area (TPSA) is 69.0 Å². The van der Waals surface area contributed by atoms with Gasteiger partial charge in [0.05, 0.1) is 29.6 Å². The zero-order chi connectivity index (χ0) is 22.9. The zero-order valence-electron chi connectivity index (χ0n) is 17.7. The number of nitrogens with zero attached hydrogens (tertiary/aromatic N) is 3. The Morgan fingerprint density at radius 1 is 1.28 bits per heavy atom. The summed E-state index contributed by atoms with van der Waals surface area (Å²) in [7, 11) is 0. The molecule has 1 aromatic carbocycles. The summed E-state index contributed by atoms with van der Waals surface area (Å²) in [6.45, 7) is 3.91. The van der Waals surface area contributed by atoms with Gasteiger partial charge < -0.3 is 10.1 Å². The number of hydrogen-bond donors (Lipinski definition) is 1. The van der Waals surface area contributed by atoms with Crippen molar-refractivity contribution >= 4 is 5.91 Å². The van der Waals surface area contributed by atoms with Crippen molar-refractivity contribution in [2.75, 3.05) is 6.61 Å². The van der Waals surface area contributed by atoms with Gasteiger partial charge in [0.2, 0.25) is 5.88 Å². The van der Waals surface area contributed by atoms with E-state index >= 15 is 0 Å². The van der Waals surface area contributed by atoms with Gasteiger partial charge in [-0.3, -0.25) is 4.79 Å². The van der Waals surface area contributed by atoms with Crippen LogP contribution in [0.1, 0.15) is 58.5 Å². The van der Waals surface area contributed by atoms with E-state index in [1.807, 2.05) is 13.1 Å². The number of rotatable bonds is 5. The Labute approximate surface area is 183 Å². The molecule has 0 bridgehead atoms. The van der Waals surface area contributed by atoms with Gasteiger partial charge in [-0.05, 0) is 62.9 Å². The number of ether oxygens (including phenoxy) is 1. The molecule has 1 amide bonds. The molecule has 0 spiro atoms. The highest BCUT2D eigenvalue weighted by Gasteiger charge is 2.32. The normalized spacial score (nSPS) is 15.8. The van der Waals surface area contributed by atoms with Crippen molar-refractivity contribution in [3.05, 3.63) is 70.7 Å². The Morgan fingerprint density at radius 3 is 2.84 bits per heavy atom. The van der Waals surface area contributed by atoms with E-state index < -0.39 is 17.6 Å². The third-order valence-corrected chi connectivity index (χ3v) is 5.35. The molecule has 32 heavy (non-hydrogen) atoms. The Balaban J connectivity index is 1.59. The number of nitrogens with one attached hydrogen (secondary N) is 1. The highest BCUT2D eigenvalue weighted by atomic mass is 19.4. The van der Waals surface area contributed by atoms with E-state index in [4.69, 9.17) is 4.74 Å². The molecule has 0 aliphatic heterocycles. The molecule has 2 aromatic heterocycles. The summed E-state index contributed by atoms with van der Waals surface area (Å²) in [6, 6.07) is 6.64. The second kappa shape index (κ2) is 8.64. The Hall–Kier alpha value is -3.36. The van der Waals surface area contributed by atoms with Gasteiger partial charge in [-0.2, -0.15) is 18.3 Å². The molecule has 168 valence electrons. The van der Waals surface area contributed by atoms with Crippen LogP contribution in [0.15, 0.2) is 42.7 Å². The summed E-state index contributed by atoms with van der Waals surface area (Å²) < 4.78 is 46.6. The quantitative estimate of drug-likeness (QED) is 0.614. The fourth-order valence-electron chi connectivity index (χ4n) is 3.91. The van der Waals surface area contributed by atoms with Crippen molar-refractivity contribution in [3.63, 3.8) is 0 Å². The van der Waals surface area contributed by atoms with E-state index in [1.165, 1.54) is 6.07 Å². The largest absolute Gasteiger partial charge is 0.478 e. The summed E-state index contributed by atoms with van der Waals surface area (Å²) in [5.41, 5.74) is 2.04. The molecule has 0 saturated heterocycles. The van der Waals surface area contributed by atoms with Crippen molar-refractivity contribution in [2.45, 2.75) is 45.3 Å². The van der Waals surface area contributed by atoms with E-state index in [9.17, 15) is 18.0 Å². The highest BCUT2D eigenvalue weighted by molar-refractivity contribution is 5.95. The number of benzene rings is 1. The van der Waals surface area contributed by atoms with Crippen molar-refractivity contribution in [1.82, 2.24) is 20.1 Å². The maximum absolute atomic E-state index is 13.2. The monoisotopic (exact) mass is 444 g/mol. The molecule has 0 fully saturated rings. The van der Waals surface area contributed by atoms with E-state index in [0.29, 0.717) is 24.5 Å². The number of carbonyl (C=O) groups excluding carboxylic acids is 1. The lowest BCUT2D eigenvalue weighted by atomic mass is 9.93. The molecule has 6 nitrogen and oxygen atoms in total. The first-order valence-electron chi connectivity index (χ1n) is 10.4. The lowest BCUT2D eigenvalue weighted by molar-refractivity contribution is -0.137. The summed E-state index contributed by atoms with van der Waals surface area (Å²) in [5, 5.41) is 7.54. The minimum Gasteiger partial charge on any atom is -0.478 e. The van der Waals surface area contributed by atoms with Gasteiger partial charge in [-0.15, -0.1) is 0 Å². The molecule has 1 atom stereocenters. The minimum absolute atomic E-state index is 0.00710. The van der Waals surface area contributed by atoms with Crippen LogP contribution in [0.2, 0.25) is 0 Å². The number of amides is 1. The molecule has 4 rings (SSSR count). The number of fused-ring (bicyclic) bond motifs is 1.